The van der Waals surface area contributed by atoms with E-state index >= 15 is 0 Å². The summed E-state index contributed by atoms with van der Waals surface area (Å²) in [5.41, 5.74) is 0.626. The molecule has 1 aromatic carbocycles. The average Bonchev–Trinajstić information content (AvgIpc) is 2.34. The fourth-order valence-corrected chi connectivity index (χ4v) is 2.50. The van der Waals surface area contributed by atoms with Gasteiger partial charge in [0.2, 0.25) is 0 Å². The fraction of sp³-hybridized carbons (Fsp3) is 0. The minimum Gasteiger partial charge on any atom is -0.248 e. The predicted molar refractivity (Wildman–Crippen MR) is 72.2 cm³/mol. The van der Waals surface area contributed by atoms with Gasteiger partial charge in [-0.05, 0) is 30.3 Å². The summed E-state index contributed by atoms with van der Waals surface area (Å²) in [5, 5.41) is 10.5. The number of nitriles is 1. The van der Waals surface area contributed by atoms with Crippen molar-refractivity contribution in [2.24, 2.45) is 0 Å². The third-order valence-corrected chi connectivity index (χ3v) is 3.72. The highest BCUT2D eigenvalue weighted by Crippen LogP contribution is 2.30. The summed E-state index contributed by atoms with van der Waals surface area (Å²) in [4.78, 5) is 5.06. The molecule has 0 radical (unpaired) electrons. The van der Waals surface area contributed by atoms with Crippen LogP contribution in [-0.2, 0) is 0 Å². The van der Waals surface area contributed by atoms with Crippen molar-refractivity contribution in [3.63, 3.8) is 0 Å². The number of hydrogen-bond donors (Lipinski definition) is 0. The molecule has 5 heteroatoms. The van der Waals surface area contributed by atoms with Gasteiger partial charge in [0, 0.05) is 15.6 Å². The zero-order valence-electron chi connectivity index (χ0n) is 8.52. The maximum atomic E-state index is 9.04. The van der Waals surface area contributed by atoms with Gasteiger partial charge in [-0.25, -0.2) is 4.98 Å². The second-order valence-electron chi connectivity index (χ2n) is 3.17. The van der Waals surface area contributed by atoms with Crippen LogP contribution < -0.4 is 0 Å². The van der Waals surface area contributed by atoms with E-state index in [1.807, 2.05) is 18.2 Å². The maximum absolute atomic E-state index is 9.04. The smallest absolute Gasteiger partial charge is 0.101 e. The Balaban J connectivity index is 2.30. The number of hydrogen-bond acceptors (Lipinski definition) is 3. The van der Waals surface area contributed by atoms with Gasteiger partial charge < -0.3 is 0 Å². The Kier molecular flexibility index (Phi) is 4.06. The molecule has 2 aromatic rings. The van der Waals surface area contributed by atoms with Crippen LogP contribution in [0, 0.1) is 11.3 Å². The SMILES string of the molecule is N#Cc1cc(Br)ccc1Sc1ccc(Cl)cn1. The molecule has 2 rings (SSSR count). The van der Waals surface area contributed by atoms with Crippen LogP contribution in [0.4, 0.5) is 0 Å². The first kappa shape index (κ1) is 12.4. The average molecular weight is 326 g/mol. The molecule has 0 spiro atoms. The Labute approximate surface area is 117 Å². The molecule has 0 saturated carbocycles. The van der Waals surface area contributed by atoms with Crippen molar-refractivity contribution in [1.82, 2.24) is 4.98 Å². The molecule has 2 nitrogen and oxygen atoms in total. The number of pyridine rings is 1. The summed E-state index contributed by atoms with van der Waals surface area (Å²) in [6, 6.07) is 11.4. The van der Waals surface area contributed by atoms with E-state index in [1.54, 1.807) is 18.3 Å². The molecule has 17 heavy (non-hydrogen) atoms. The Bertz CT molecular complexity index is 578. The van der Waals surface area contributed by atoms with E-state index < -0.39 is 0 Å². The minimum absolute atomic E-state index is 0.602. The topological polar surface area (TPSA) is 36.7 Å². The van der Waals surface area contributed by atoms with E-state index in [4.69, 9.17) is 16.9 Å². The van der Waals surface area contributed by atoms with E-state index in [1.165, 1.54) is 11.8 Å². The molecular formula is C12H6BrClN2S. The van der Waals surface area contributed by atoms with Gasteiger partial charge >= 0.3 is 0 Å². The highest BCUT2D eigenvalue weighted by Gasteiger charge is 2.05. The van der Waals surface area contributed by atoms with Crippen molar-refractivity contribution >= 4 is 39.3 Å². The van der Waals surface area contributed by atoms with Gasteiger partial charge in [-0.2, -0.15) is 5.26 Å². The maximum Gasteiger partial charge on any atom is 0.101 e. The first-order valence-electron chi connectivity index (χ1n) is 4.68. The molecule has 0 aliphatic heterocycles. The van der Waals surface area contributed by atoms with Crippen molar-refractivity contribution in [2.45, 2.75) is 9.92 Å². The Morgan fingerprint density at radius 1 is 1.29 bits per heavy atom. The lowest BCUT2D eigenvalue weighted by Crippen LogP contribution is -1.83. The molecule has 0 fully saturated rings. The number of benzene rings is 1. The molecule has 0 aliphatic rings. The Morgan fingerprint density at radius 3 is 2.76 bits per heavy atom. The third-order valence-electron chi connectivity index (χ3n) is 1.98. The van der Waals surface area contributed by atoms with Crippen LogP contribution in [0.3, 0.4) is 0 Å². The molecule has 0 aliphatic carbocycles. The Hall–Kier alpha value is -1.02. The summed E-state index contributed by atoms with van der Waals surface area (Å²) < 4.78 is 0.891. The third kappa shape index (κ3) is 3.22. The van der Waals surface area contributed by atoms with Crippen LogP contribution in [0.1, 0.15) is 5.56 Å². The lowest BCUT2D eigenvalue weighted by atomic mass is 10.2. The molecule has 0 saturated heterocycles. The molecule has 0 unspecified atom stereocenters. The zero-order valence-corrected chi connectivity index (χ0v) is 11.7. The van der Waals surface area contributed by atoms with Gasteiger partial charge in [0.15, 0.2) is 0 Å². The molecule has 0 amide bonds. The van der Waals surface area contributed by atoms with E-state index in [0.29, 0.717) is 10.6 Å². The van der Waals surface area contributed by atoms with Crippen molar-refractivity contribution in [3.8, 4) is 6.07 Å². The summed E-state index contributed by atoms with van der Waals surface area (Å²) >= 11 is 10.5. The first-order chi connectivity index (χ1) is 8.19. The summed E-state index contributed by atoms with van der Waals surface area (Å²) in [6.45, 7) is 0. The number of rotatable bonds is 2. The van der Waals surface area contributed by atoms with Gasteiger partial charge in [0.1, 0.15) is 11.1 Å². The van der Waals surface area contributed by atoms with Gasteiger partial charge in [-0.15, -0.1) is 0 Å². The fourth-order valence-electron chi connectivity index (χ4n) is 1.21. The Morgan fingerprint density at radius 2 is 2.12 bits per heavy atom. The highest BCUT2D eigenvalue weighted by molar-refractivity contribution is 9.10. The van der Waals surface area contributed by atoms with E-state index in [0.717, 1.165) is 14.4 Å². The molecule has 84 valence electrons. The lowest BCUT2D eigenvalue weighted by molar-refractivity contribution is 1.13. The van der Waals surface area contributed by atoms with Crippen LogP contribution in [0.2, 0.25) is 5.02 Å². The normalized spacial score (nSPS) is 9.94. The van der Waals surface area contributed by atoms with Crippen molar-refractivity contribution < 1.29 is 0 Å². The summed E-state index contributed by atoms with van der Waals surface area (Å²) in [5.74, 6) is 0. The van der Waals surface area contributed by atoms with Crippen LogP contribution in [0.15, 0.2) is 50.9 Å². The monoisotopic (exact) mass is 324 g/mol. The van der Waals surface area contributed by atoms with Crippen LogP contribution in [0.5, 0.6) is 0 Å². The first-order valence-corrected chi connectivity index (χ1v) is 6.67. The highest BCUT2D eigenvalue weighted by atomic mass is 79.9. The summed E-state index contributed by atoms with van der Waals surface area (Å²) in [7, 11) is 0. The van der Waals surface area contributed by atoms with Crippen LogP contribution in [0.25, 0.3) is 0 Å². The lowest BCUT2D eigenvalue weighted by Gasteiger charge is -2.03. The standard InChI is InChI=1S/C12H6BrClN2S/c13-9-1-3-11(8(5-9)6-15)17-12-4-2-10(14)7-16-12/h1-5,7H. The van der Waals surface area contributed by atoms with E-state index in [9.17, 15) is 0 Å². The molecule has 0 atom stereocenters. The van der Waals surface area contributed by atoms with Crippen LogP contribution >= 0.6 is 39.3 Å². The molecule has 1 aromatic heterocycles. The molecule has 1 heterocycles. The zero-order chi connectivity index (χ0) is 12.3. The quantitative estimate of drug-likeness (QED) is 0.814. The van der Waals surface area contributed by atoms with Crippen molar-refractivity contribution in [3.05, 3.63) is 51.6 Å². The van der Waals surface area contributed by atoms with Gasteiger partial charge in [-0.1, -0.05) is 39.3 Å². The van der Waals surface area contributed by atoms with E-state index in [2.05, 4.69) is 27.0 Å². The second kappa shape index (κ2) is 5.54. The molecular weight excluding hydrogens is 320 g/mol. The summed E-state index contributed by atoms with van der Waals surface area (Å²) in [6.07, 6.45) is 1.59. The van der Waals surface area contributed by atoms with Gasteiger partial charge in [0.25, 0.3) is 0 Å². The minimum atomic E-state index is 0.602. The van der Waals surface area contributed by atoms with Crippen molar-refractivity contribution in [2.75, 3.05) is 0 Å². The molecule has 0 bridgehead atoms. The largest absolute Gasteiger partial charge is 0.248 e. The number of aromatic nitrogens is 1. The predicted octanol–water partition coefficient (Wildman–Crippen LogP) is 4.52. The number of halogens is 2. The van der Waals surface area contributed by atoms with Gasteiger partial charge in [-0.3, -0.25) is 0 Å². The van der Waals surface area contributed by atoms with Gasteiger partial charge in [0.05, 0.1) is 10.6 Å². The van der Waals surface area contributed by atoms with E-state index in [-0.39, 0.29) is 0 Å². The second-order valence-corrected chi connectivity index (χ2v) is 5.58. The van der Waals surface area contributed by atoms with Crippen molar-refractivity contribution in [1.29, 1.82) is 5.26 Å². The molecule has 0 N–H and O–H groups in total. The van der Waals surface area contributed by atoms with Crippen LogP contribution in [-0.4, -0.2) is 4.98 Å². The number of nitrogens with zero attached hydrogens (tertiary/aromatic N) is 2.